The van der Waals surface area contributed by atoms with Crippen molar-refractivity contribution in [1.82, 2.24) is 9.80 Å². The zero-order valence-electron chi connectivity index (χ0n) is 14.0. The third kappa shape index (κ3) is 4.72. The van der Waals surface area contributed by atoms with E-state index in [1.807, 2.05) is 0 Å². The molecule has 0 aromatic carbocycles. The van der Waals surface area contributed by atoms with Crippen molar-refractivity contribution < 1.29 is 0 Å². The topological polar surface area (TPSA) is 31.2 Å². The third-order valence-corrected chi connectivity index (χ3v) is 5.32. The molecule has 0 unspecified atom stereocenters. The van der Waals surface area contributed by atoms with Crippen LogP contribution in [0, 0.1) is 0 Å². The summed E-state index contributed by atoms with van der Waals surface area (Å²) in [7, 11) is 0. The molecule has 3 rings (SSSR count). The molecule has 2 aliphatic heterocycles. The van der Waals surface area contributed by atoms with Gasteiger partial charge in [-0.25, -0.2) is 0 Å². The van der Waals surface area contributed by atoms with E-state index in [2.05, 4.69) is 22.5 Å². The summed E-state index contributed by atoms with van der Waals surface area (Å²) in [5.41, 5.74) is 0. The summed E-state index contributed by atoms with van der Waals surface area (Å²) >= 11 is 0. The first-order chi connectivity index (χ1) is 10.9. The van der Waals surface area contributed by atoms with Crippen LogP contribution in [0.5, 0.6) is 0 Å². The molecular formula is C18H32N4. The molecule has 2 atom stereocenters. The first-order valence-electron chi connectivity index (χ1n) is 9.46. The lowest BCUT2D eigenvalue weighted by Crippen LogP contribution is -2.33. The fourth-order valence-electron chi connectivity index (χ4n) is 3.87. The molecule has 4 nitrogen and oxygen atoms in total. The van der Waals surface area contributed by atoms with Crippen LogP contribution in [0.2, 0.25) is 0 Å². The second-order valence-corrected chi connectivity index (χ2v) is 7.14. The van der Waals surface area contributed by atoms with Gasteiger partial charge in [-0.2, -0.15) is 0 Å². The number of hydrogen-bond acceptors (Lipinski definition) is 2. The quantitative estimate of drug-likeness (QED) is 0.589. The predicted molar refractivity (Wildman–Crippen MR) is 93.9 cm³/mol. The molecule has 3 aliphatic rings. The molecule has 0 aromatic heterocycles. The van der Waals surface area contributed by atoms with Crippen LogP contribution in [-0.4, -0.2) is 60.7 Å². The van der Waals surface area contributed by atoms with Crippen molar-refractivity contribution in [3.05, 3.63) is 0 Å². The smallest absolute Gasteiger partial charge is 0.0854 e. The number of piperidine rings is 2. The molecule has 1 saturated carbocycles. The Balaban J connectivity index is 1.53. The third-order valence-electron chi connectivity index (χ3n) is 5.32. The molecule has 0 spiro atoms. The van der Waals surface area contributed by atoms with Gasteiger partial charge in [-0.15, -0.1) is 0 Å². The van der Waals surface area contributed by atoms with Gasteiger partial charge in [0.25, 0.3) is 0 Å². The molecular weight excluding hydrogens is 272 g/mol. The second kappa shape index (κ2) is 8.54. The van der Waals surface area contributed by atoms with Gasteiger partial charge in [0.1, 0.15) is 0 Å². The average molecular weight is 304 g/mol. The van der Waals surface area contributed by atoms with Gasteiger partial charge in [-0.3, -0.25) is 9.98 Å². The summed E-state index contributed by atoms with van der Waals surface area (Å²) in [6.07, 6.45) is 17.4. The van der Waals surface area contributed by atoms with E-state index in [1.165, 1.54) is 90.4 Å². The first-order valence-corrected chi connectivity index (χ1v) is 9.46. The lowest BCUT2D eigenvalue weighted by Gasteiger charge is -2.29. The van der Waals surface area contributed by atoms with Crippen LogP contribution in [0.15, 0.2) is 9.98 Å². The summed E-state index contributed by atoms with van der Waals surface area (Å²) in [5, 5.41) is 0. The lowest BCUT2D eigenvalue weighted by molar-refractivity contribution is 0.335. The van der Waals surface area contributed by atoms with Crippen LogP contribution in [0.4, 0.5) is 0 Å². The Bertz CT molecular complexity index is 331. The monoisotopic (exact) mass is 304 g/mol. The SMILES string of the molecule is C(=N[C@@H]1CCCC[C@H]1N=CN1CCCCC1)N1CCCCC1. The van der Waals surface area contributed by atoms with Crippen molar-refractivity contribution >= 4 is 12.7 Å². The molecule has 2 heterocycles. The first kappa shape index (κ1) is 15.8. The maximum Gasteiger partial charge on any atom is 0.0854 e. The standard InChI is InChI=1S/C18H32N4/c1-5-11-21(12-6-1)15-19-17-9-3-4-10-18(17)20-16-22-13-7-2-8-14-22/h15-18H,1-14H2/t17-,18-/m1/s1. The van der Waals surface area contributed by atoms with E-state index in [9.17, 15) is 0 Å². The maximum absolute atomic E-state index is 4.92. The van der Waals surface area contributed by atoms with Crippen molar-refractivity contribution in [2.45, 2.75) is 76.3 Å². The number of rotatable bonds is 4. The number of likely N-dealkylation sites (tertiary alicyclic amines) is 2. The predicted octanol–water partition coefficient (Wildman–Crippen LogP) is 3.33. The van der Waals surface area contributed by atoms with Crippen molar-refractivity contribution in [1.29, 1.82) is 0 Å². The average Bonchev–Trinajstić information content (AvgIpc) is 2.61. The number of nitrogens with zero attached hydrogens (tertiary/aromatic N) is 4. The summed E-state index contributed by atoms with van der Waals surface area (Å²) in [4.78, 5) is 14.7. The maximum atomic E-state index is 4.92. The number of hydrogen-bond donors (Lipinski definition) is 0. The zero-order valence-corrected chi connectivity index (χ0v) is 14.0. The highest BCUT2D eigenvalue weighted by molar-refractivity contribution is 5.57. The van der Waals surface area contributed by atoms with Crippen LogP contribution < -0.4 is 0 Å². The van der Waals surface area contributed by atoms with Gasteiger partial charge < -0.3 is 9.80 Å². The molecule has 0 N–H and O–H groups in total. The van der Waals surface area contributed by atoms with Crippen LogP contribution in [0.25, 0.3) is 0 Å². The Labute approximate surface area is 135 Å². The van der Waals surface area contributed by atoms with Crippen molar-refractivity contribution in [2.75, 3.05) is 26.2 Å². The van der Waals surface area contributed by atoms with E-state index < -0.39 is 0 Å². The van der Waals surface area contributed by atoms with Crippen molar-refractivity contribution in [2.24, 2.45) is 9.98 Å². The Kier molecular flexibility index (Phi) is 6.14. The van der Waals surface area contributed by atoms with E-state index in [1.54, 1.807) is 0 Å². The van der Waals surface area contributed by atoms with Crippen molar-refractivity contribution in [3.8, 4) is 0 Å². The summed E-state index contributed by atoms with van der Waals surface area (Å²) in [6.45, 7) is 4.77. The molecule has 4 heteroatoms. The highest BCUT2D eigenvalue weighted by Gasteiger charge is 2.24. The van der Waals surface area contributed by atoms with Gasteiger partial charge in [-0.05, 0) is 51.4 Å². The Morgan fingerprint density at radius 3 is 1.36 bits per heavy atom. The lowest BCUT2D eigenvalue weighted by atomic mass is 9.91. The molecule has 1 aliphatic carbocycles. The molecule has 0 bridgehead atoms. The molecule has 0 aromatic rings. The Morgan fingerprint density at radius 2 is 0.955 bits per heavy atom. The van der Waals surface area contributed by atoms with Gasteiger partial charge in [0.05, 0.1) is 24.8 Å². The van der Waals surface area contributed by atoms with E-state index in [0.717, 1.165) is 0 Å². The van der Waals surface area contributed by atoms with Gasteiger partial charge in [0.2, 0.25) is 0 Å². The molecule has 0 radical (unpaired) electrons. The molecule has 0 amide bonds. The molecule has 3 fully saturated rings. The van der Waals surface area contributed by atoms with Crippen LogP contribution >= 0.6 is 0 Å². The summed E-state index contributed by atoms with van der Waals surface area (Å²) in [6, 6.07) is 0.827. The summed E-state index contributed by atoms with van der Waals surface area (Å²) < 4.78 is 0. The minimum absolute atomic E-state index is 0.414. The Hall–Kier alpha value is -1.06. The minimum atomic E-state index is 0.414. The van der Waals surface area contributed by atoms with E-state index >= 15 is 0 Å². The van der Waals surface area contributed by atoms with E-state index in [4.69, 9.17) is 9.98 Å². The van der Waals surface area contributed by atoms with Gasteiger partial charge in [-0.1, -0.05) is 12.8 Å². The largest absolute Gasteiger partial charge is 0.363 e. The zero-order chi connectivity index (χ0) is 15.0. The number of aliphatic imine (C=N–C) groups is 2. The van der Waals surface area contributed by atoms with Crippen molar-refractivity contribution in [3.63, 3.8) is 0 Å². The summed E-state index contributed by atoms with van der Waals surface area (Å²) in [5.74, 6) is 0. The highest BCUT2D eigenvalue weighted by Crippen LogP contribution is 2.24. The fraction of sp³-hybridized carbons (Fsp3) is 0.889. The van der Waals surface area contributed by atoms with Gasteiger partial charge in [0, 0.05) is 26.2 Å². The second-order valence-electron chi connectivity index (χ2n) is 7.14. The minimum Gasteiger partial charge on any atom is -0.363 e. The van der Waals surface area contributed by atoms with Gasteiger partial charge in [0.15, 0.2) is 0 Å². The van der Waals surface area contributed by atoms with Crippen LogP contribution in [-0.2, 0) is 0 Å². The van der Waals surface area contributed by atoms with Gasteiger partial charge >= 0.3 is 0 Å². The molecule has 124 valence electrons. The molecule has 22 heavy (non-hydrogen) atoms. The normalized spacial score (nSPS) is 31.3. The molecule has 2 saturated heterocycles. The fourth-order valence-corrected chi connectivity index (χ4v) is 3.87. The van der Waals surface area contributed by atoms with Crippen LogP contribution in [0.3, 0.4) is 0 Å². The highest BCUT2D eigenvalue weighted by atomic mass is 15.2. The Morgan fingerprint density at radius 1 is 0.545 bits per heavy atom. The van der Waals surface area contributed by atoms with E-state index in [-0.39, 0.29) is 0 Å². The van der Waals surface area contributed by atoms with Crippen LogP contribution in [0.1, 0.15) is 64.2 Å². The van der Waals surface area contributed by atoms with E-state index in [0.29, 0.717) is 12.1 Å².